The van der Waals surface area contributed by atoms with Gasteiger partial charge >= 0.3 is 0 Å². The first-order valence-electron chi connectivity index (χ1n) is 5.11. The second-order valence-corrected chi connectivity index (χ2v) is 4.43. The van der Waals surface area contributed by atoms with Crippen LogP contribution in [-0.2, 0) is 0 Å². The molecular weight excluding hydrogens is 273 g/mol. The maximum absolute atomic E-state index is 12.0. The number of carbonyl (C=O) groups excluding carboxylic acids is 1. The van der Waals surface area contributed by atoms with Crippen LogP contribution in [0.2, 0.25) is 10.2 Å². The van der Waals surface area contributed by atoms with E-state index in [2.05, 4.69) is 15.3 Å². The van der Waals surface area contributed by atoms with Crippen LogP contribution in [0.3, 0.4) is 0 Å². The second-order valence-electron chi connectivity index (χ2n) is 3.66. The molecule has 0 aliphatic heterocycles. The maximum Gasteiger partial charge on any atom is 0.258 e. The van der Waals surface area contributed by atoms with Gasteiger partial charge in [0.25, 0.3) is 5.91 Å². The first-order chi connectivity index (χ1) is 8.58. The van der Waals surface area contributed by atoms with Crippen molar-refractivity contribution in [3.05, 3.63) is 52.0 Å². The van der Waals surface area contributed by atoms with Gasteiger partial charge in [-0.3, -0.25) is 9.78 Å². The number of hydrogen-bond donors (Lipinski definition) is 1. The normalized spacial score (nSPS) is 10.2. The third-order valence-electron chi connectivity index (χ3n) is 2.24. The molecule has 1 amide bonds. The Hall–Kier alpha value is -1.65. The van der Waals surface area contributed by atoms with Crippen molar-refractivity contribution >= 4 is 34.8 Å². The van der Waals surface area contributed by atoms with Crippen LogP contribution >= 0.6 is 23.2 Å². The Morgan fingerprint density at radius 2 is 2.11 bits per heavy atom. The highest BCUT2D eigenvalue weighted by Gasteiger charge is 2.12. The Morgan fingerprint density at radius 1 is 1.33 bits per heavy atom. The third kappa shape index (κ3) is 2.78. The van der Waals surface area contributed by atoms with E-state index in [0.717, 1.165) is 5.56 Å². The summed E-state index contributed by atoms with van der Waals surface area (Å²) in [4.78, 5) is 19.8. The molecule has 0 aliphatic carbocycles. The fourth-order valence-electron chi connectivity index (χ4n) is 1.37. The Bertz CT molecular complexity index is 602. The first-order valence-corrected chi connectivity index (χ1v) is 5.86. The molecule has 2 aromatic rings. The molecule has 4 nitrogen and oxygen atoms in total. The molecule has 92 valence electrons. The molecule has 0 bridgehead atoms. The van der Waals surface area contributed by atoms with Crippen molar-refractivity contribution in [3.8, 4) is 0 Å². The molecule has 6 heteroatoms. The summed E-state index contributed by atoms with van der Waals surface area (Å²) < 4.78 is 0. The lowest BCUT2D eigenvalue weighted by Crippen LogP contribution is -2.13. The van der Waals surface area contributed by atoms with Crippen LogP contribution in [0.25, 0.3) is 0 Å². The highest BCUT2D eigenvalue weighted by atomic mass is 35.5. The van der Waals surface area contributed by atoms with Crippen molar-refractivity contribution in [2.75, 3.05) is 5.32 Å². The van der Waals surface area contributed by atoms with Crippen LogP contribution in [0.4, 0.5) is 5.69 Å². The molecule has 0 aromatic carbocycles. The van der Waals surface area contributed by atoms with E-state index in [-0.39, 0.29) is 16.6 Å². The average Bonchev–Trinajstić information content (AvgIpc) is 2.34. The number of aryl methyl sites for hydroxylation is 1. The zero-order valence-corrected chi connectivity index (χ0v) is 11.0. The highest BCUT2D eigenvalue weighted by molar-refractivity contribution is 6.35. The predicted molar refractivity (Wildman–Crippen MR) is 71.2 cm³/mol. The number of nitrogens with one attached hydrogen (secondary N) is 1. The number of hydrogen-bond acceptors (Lipinski definition) is 3. The van der Waals surface area contributed by atoms with Gasteiger partial charge < -0.3 is 5.32 Å². The molecule has 2 aromatic heterocycles. The van der Waals surface area contributed by atoms with Crippen LogP contribution in [0.5, 0.6) is 0 Å². The molecule has 0 atom stereocenters. The summed E-state index contributed by atoms with van der Waals surface area (Å²) in [5, 5.41) is 3.21. The minimum atomic E-state index is -0.373. The quantitative estimate of drug-likeness (QED) is 0.859. The standard InChI is InChI=1S/C12H9Cl2N3O/c1-7-4-10(11(14)16-5-7)17-12(18)8-6-15-3-2-9(8)13/h2-6H,1H3,(H,17,18). The van der Waals surface area contributed by atoms with Crippen LogP contribution in [0.15, 0.2) is 30.7 Å². The topological polar surface area (TPSA) is 54.9 Å². The number of pyridine rings is 2. The molecule has 0 fully saturated rings. The molecule has 0 saturated heterocycles. The zero-order valence-electron chi connectivity index (χ0n) is 9.45. The van der Waals surface area contributed by atoms with Gasteiger partial charge in [0, 0.05) is 18.6 Å². The van der Waals surface area contributed by atoms with E-state index in [1.807, 2.05) is 6.92 Å². The van der Waals surface area contributed by atoms with E-state index in [4.69, 9.17) is 23.2 Å². The van der Waals surface area contributed by atoms with Crippen molar-refractivity contribution in [2.45, 2.75) is 6.92 Å². The summed E-state index contributed by atoms with van der Waals surface area (Å²) in [6, 6.07) is 3.28. The Balaban J connectivity index is 2.27. The lowest BCUT2D eigenvalue weighted by Gasteiger charge is -2.08. The van der Waals surface area contributed by atoms with Gasteiger partial charge in [-0.1, -0.05) is 23.2 Å². The highest BCUT2D eigenvalue weighted by Crippen LogP contribution is 2.22. The summed E-state index contributed by atoms with van der Waals surface area (Å²) in [5.74, 6) is -0.373. The SMILES string of the molecule is Cc1cnc(Cl)c(NC(=O)c2cnccc2Cl)c1. The number of aromatic nitrogens is 2. The van der Waals surface area contributed by atoms with Crippen molar-refractivity contribution in [3.63, 3.8) is 0 Å². The van der Waals surface area contributed by atoms with Crippen LogP contribution < -0.4 is 5.32 Å². The van der Waals surface area contributed by atoms with Crippen molar-refractivity contribution in [1.29, 1.82) is 0 Å². The molecule has 2 rings (SSSR count). The molecule has 0 unspecified atom stereocenters. The molecule has 0 spiro atoms. The smallest absolute Gasteiger partial charge is 0.258 e. The van der Waals surface area contributed by atoms with Gasteiger partial charge in [0.15, 0.2) is 5.15 Å². The third-order valence-corrected chi connectivity index (χ3v) is 2.87. The van der Waals surface area contributed by atoms with Crippen molar-refractivity contribution in [2.24, 2.45) is 0 Å². The summed E-state index contributed by atoms with van der Waals surface area (Å²) in [7, 11) is 0. The summed E-state index contributed by atoms with van der Waals surface area (Å²) in [6.45, 7) is 1.86. The number of halogens is 2. The van der Waals surface area contributed by atoms with Gasteiger partial charge in [-0.15, -0.1) is 0 Å². The Kier molecular flexibility index (Phi) is 3.79. The fraction of sp³-hybridized carbons (Fsp3) is 0.0833. The van der Waals surface area contributed by atoms with Gasteiger partial charge in [-0.2, -0.15) is 0 Å². The van der Waals surface area contributed by atoms with E-state index in [9.17, 15) is 4.79 Å². The lowest BCUT2D eigenvalue weighted by molar-refractivity contribution is 0.102. The molecule has 18 heavy (non-hydrogen) atoms. The molecule has 0 saturated carbocycles. The molecule has 0 radical (unpaired) electrons. The number of amides is 1. The largest absolute Gasteiger partial charge is 0.319 e. The van der Waals surface area contributed by atoms with Crippen LogP contribution in [0, 0.1) is 6.92 Å². The summed E-state index contributed by atoms with van der Waals surface area (Å²) in [5.41, 5.74) is 1.63. The van der Waals surface area contributed by atoms with E-state index in [1.165, 1.54) is 12.4 Å². The summed E-state index contributed by atoms with van der Waals surface area (Å²) in [6.07, 6.45) is 4.53. The van der Waals surface area contributed by atoms with Gasteiger partial charge in [0.1, 0.15) is 0 Å². The Labute approximate surface area is 114 Å². The first kappa shape index (κ1) is 12.8. The molecular formula is C12H9Cl2N3O. The number of rotatable bonds is 2. The minimum Gasteiger partial charge on any atom is -0.319 e. The fourth-order valence-corrected chi connectivity index (χ4v) is 1.72. The van der Waals surface area contributed by atoms with E-state index < -0.39 is 0 Å². The zero-order chi connectivity index (χ0) is 13.1. The van der Waals surface area contributed by atoms with Gasteiger partial charge in [0.05, 0.1) is 16.3 Å². The van der Waals surface area contributed by atoms with Gasteiger partial charge in [0.2, 0.25) is 0 Å². The monoisotopic (exact) mass is 281 g/mol. The van der Waals surface area contributed by atoms with E-state index >= 15 is 0 Å². The predicted octanol–water partition coefficient (Wildman–Crippen LogP) is 3.34. The van der Waals surface area contributed by atoms with E-state index in [0.29, 0.717) is 10.7 Å². The number of nitrogens with zero attached hydrogens (tertiary/aromatic N) is 2. The minimum absolute atomic E-state index is 0.231. The number of carbonyl (C=O) groups is 1. The van der Waals surface area contributed by atoms with E-state index in [1.54, 1.807) is 18.3 Å². The van der Waals surface area contributed by atoms with Gasteiger partial charge in [-0.05, 0) is 24.6 Å². The van der Waals surface area contributed by atoms with Crippen molar-refractivity contribution < 1.29 is 4.79 Å². The molecule has 0 aliphatic rings. The Morgan fingerprint density at radius 3 is 2.83 bits per heavy atom. The van der Waals surface area contributed by atoms with Gasteiger partial charge in [-0.25, -0.2) is 4.98 Å². The number of anilines is 1. The molecule has 1 N–H and O–H groups in total. The summed E-state index contributed by atoms with van der Waals surface area (Å²) >= 11 is 11.8. The second kappa shape index (κ2) is 5.33. The lowest BCUT2D eigenvalue weighted by atomic mass is 10.2. The molecule has 2 heterocycles. The maximum atomic E-state index is 12.0. The average molecular weight is 282 g/mol. The van der Waals surface area contributed by atoms with Crippen LogP contribution in [0.1, 0.15) is 15.9 Å². The van der Waals surface area contributed by atoms with Crippen LogP contribution in [-0.4, -0.2) is 15.9 Å². The van der Waals surface area contributed by atoms with Crippen molar-refractivity contribution in [1.82, 2.24) is 9.97 Å².